The van der Waals surface area contributed by atoms with Crippen LogP contribution in [0.2, 0.25) is 0 Å². The van der Waals surface area contributed by atoms with Gasteiger partial charge in [0.2, 0.25) is 0 Å². The molecule has 0 bridgehead atoms. The molecule has 0 aliphatic carbocycles. The van der Waals surface area contributed by atoms with E-state index in [1.54, 1.807) is 6.92 Å². The van der Waals surface area contributed by atoms with Crippen LogP contribution in [0.25, 0.3) is 11.0 Å². The summed E-state index contributed by atoms with van der Waals surface area (Å²) in [5.41, 5.74) is 5.90. The summed E-state index contributed by atoms with van der Waals surface area (Å²) in [5.74, 6) is 0.118. The molecule has 1 aromatic heterocycles. The fourth-order valence-electron chi connectivity index (χ4n) is 1.47. The molecular formula is C9H8F3N3. The molecule has 15 heavy (non-hydrogen) atoms. The molecule has 0 radical (unpaired) electrons. The number of benzene rings is 1. The third kappa shape index (κ3) is 1.62. The molecule has 3 nitrogen and oxygen atoms in total. The van der Waals surface area contributed by atoms with Crippen LogP contribution in [-0.2, 0) is 6.18 Å². The Morgan fingerprint density at radius 1 is 1.33 bits per heavy atom. The van der Waals surface area contributed by atoms with Gasteiger partial charge in [0.05, 0.1) is 16.6 Å². The van der Waals surface area contributed by atoms with Gasteiger partial charge in [-0.2, -0.15) is 13.2 Å². The van der Waals surface area contributed by atoms with Crippen LogP contribution >= 0.6 is 0 Å². The second-order valence-electron chi connectivity index (χ2n) is 3.31. The number of alkyl halides is 3. The number of halogens is 3. The molecule has 0 amide bonds. The summed E-state index contributed by atoms with van der Waals surface area (Å²) in [5, 5.41) is 0. The van der Waals surface area contributed by atoms with Crippen molar-refractivity contribution in [3.8, 4) is 0 Å². The molecule has 1 aromatic carbocycles. The van der Waals surface area contributed by atoms with Crippen LogP contribution in [0.3, 0.4) is 0 Å². The minimum Gasteiger partial charge on any atom is -0.369 e. The van der Waals surface area contributed by atoms with E-state index in [2.05, 4.69) is 9.97 Å². The maximum absolute atomic E-state index is 12.4. The number of aromatic amines is 1. The third-order valence-corrected chi connectivity index (χ3v) is 2.12. The van der Waals surface area contributed by atoms with Crippen LogP contribution < -0.4 is 5.73 Å². The molecule has 0 atom stereocenters. The first-order chi connectivity index (χ1) is 6.88. The zero-order valence-corrected chi connectivity index (χ0v) is 7.81. The molecule has 6 heteroatoms. The molecule has 2 rings (SSSR count). The van der Waals surface area contributed by atoms with Gasteiger partial charge >= 0.3 is 6.18 Å². The molecular weight excluding hydrogens is 207 g/mol. The summed E-state index contributed by atoms with van der Waals surface area (Å²) in [6.07, 6.45) is -4.35. The summed E-state index contributed by atoms with van der Waals surface area (Å²) in [6.45, 7) is 1.57. The number of aromatic nitrogens is 2. The highest BCUT2D eigenvalue weighted by molar-refractivity contribution is 5.81. The number of anilines is 1. The highest BCUT2D eigenvalue weighted by atomic mass is 19.4. The number of nitrogens with two attached hydrogens (primary N) is 1. The van der Waals surface area contributed by atoms with E-state index < -0.39 is 11.7 Å². The largest absolute Gasteiger partial charge is 0.416 e. The van der Waals surface area contributed by atoms with Crippen molar-refractivity contribution >= 4 is 17.0 Å². The molecule has 80 valence electrons. The number of hydrogen-bond acceptors (Lipinski definition) is 2. The van der Waals surface area contributed by atoms with E-state index >= 15 is 0 Å². The number of aryl methyl sites for hydroxylation is 1. The van der Waals surface area contributed by atoms with Crippen molar-refractivity contribution in [3.63, 3.8) is 0 Å². The zero-order chi connectivity index (χ0) is 11.2. The maximum Gasteiger partial charge on any atom is 0.416 e. The number of imidazole rings is 1. The average Bonchev–Trinajstić information content (AvgIpc) is 2.44. The van der Waals surface area contributed by atoms with Crippen LogP contribution in [-0.4, -0.2) is 9.97 Å². The second kappa shape index (κ2) is 2.88. The van der Waals surface area contributed by atoms with Gasteiger partial charge in [0, 0.05) is 0 Å². The lowest BCUT2D eigenvalue weighted by molar-refractivity contribution is -0.137. The Morgan fingerprint density at radius 3 is 2.60 bits per heavy atom. The lowest BCUT2D eigenvalue weighted by Crippen LogP contribution is -2.05. The van der Waals surface area contributed by atoms with Crippen LogP contribution in [0.4, 0.5) is 19.1 Å². The molecule has 1 heterocycles. The summed E-state index contributed by atoms with van der Waals surface area (Å²) in [6, 6.07) is 2.06. The van der Waals surface area contributed by atoms with Crippen LogP contribution in [0, 0.1) is 6.92 Å². The van der Waals surface area contributed by atoms with Gasteiger partial charge < -0.3 is 10.7 Å². The molecule has 0 unspecified atom stereocenters. The Kier molecular flexibility index (Phi) is 1.89. The van der Waals surface area contributed by atoms with Gasteiger partial charge in [0.1, 0.15) is 0 Å². The Morgan fingerprint density at radius 2 is 2.00 bits per heavy atom. The summed E-state index contributed by atoms with van der Waals surface area (Å²) in [4.78, 5) is 6.47. The first kappa shape index (κ1) is 9.82. The predicted molar refractivity (Wildman–Crippen MR) is 50.2 cm³/mol. The number of hydrogen-bond donors (Lipinski definition) is 2. The topological polar surface area (TPSA) is 54.7 Å². The van der Waals surface area contributed by atoms with E-state index in [1.807, 2.05) is 0 Å². The van der Waals surface area contributed by atoms with Gasteiger partial charge in [-0.3, -0.25) is 0 Å². The number of nitrogen functional groups attached to an aromatic ring is 1. The minimum absolute atomic E-state index is 0.118. The summed E-state index contributed by atoms with van der Waals surface area (Å²) < 4.78 is 37.3. The van der Waals surface area contributed by atoms with Crippen molar-refractivity contribution < 1.29 is 13.2 Å². The molecule has 0 spiro atoms. The van der Waals surface area contributed by atoms with Crippen molar-refractivity contribution in [1.82, 2.24) is 9.97 Å². The minimum atomic E-state index is -4.35. The number of H-pyrrole nitrogens is 1. The summed E-state index contributed by atoms with van der Waals surface area (Å²) >= 11 is 0. The van der Waals surface area contributed by atoms with Gasteiger partial charge in [-0.1, -0.05) is 0 Å². The first-order valence-corrected chi connectivity index (χ1v) is 4.21. The maximum atomic E-state index is 12.4. The van der Waals surface area contributed by atoms with Crippen molar-refractivity contribution in [1.29, 1.82) is 0 Å². The predicted octanol–water partition coefficient (Wildman–Crippen LogP) is 2.47. The molecule has 0 fully saturated rings. The van der Waals surface area contributed by atoms with Gasteiger partial charge in [-0.25, -0.2) is 4.98 Å². The molecule has 0 aliphatic rings. The number of rotatable bonds is 0. The molecule has 0 aliphatic heterocycles. The van der Waals surface area contributed by atoms with Crippen LogP contribution in [0.5, 0.6) is 0 Å². The number of fused-ring (bicyclic) bond motifs is 1. The molecule has 0 saturated heterocycles. The highest BCUT2D eigenvalue weighted by Gasteiger charge is 2.31. The summed E-state index contributed by atoms with van der Waals surface area (Å²) in [7, 11) is 0. The lowest BCUT2D eigenvalue weighted by atomic mass is 10.1. The van der Waals surface area contributed by atoms with E-state index in [4.69, 9.17) is 5.73 Å². The Labute approximate surface area is 83.1 Å². The van der Waals surface area contributed by atoms with Crippen molar-refractivity contribution in [3.05, 3.63) is 23.3 Å². The first-order valence-electron chi connectivity index (χ1n) is 4.21. The van der Waals surface area contributed by atoms with Gasteiger partial charge in [-0.05, 0) is 24.6 Å². The van der Waals surface area contributed by atoms with E-state index in [9.17, 15) is 13.2 Å². The standard InChI is InChI=1S/C9H8F3N3/c1-4-2-5(9(10,11)12)3-6-7(4)15-8(13)14-6/h2-3H,1H3,(H3,13,14,15). The Bertz CT molecular complexity index is 513. The van der Waals surface area contributed by atoms with E-state index in [-0.39, 0.29) is 5.95 Å². The third-order valence-electron chi connectivity index (χ3n) is 2.12. The van der Waals surface area contributed by atoms with Gasteiger partial charge in [-0.15, -0.1) is 0 Å². The van der Waals surface area contributed by atoms with Gasteiger partial charge in [0.15, 0.2) is 5.95 Å². The van der Waals surface area contributed by atoms with E-state index in [0.29, 0.717) is 16.6 Å². The molecule has 0 saturated carbocycles. The number of nitrogens with zero attached hydrogens (tertiary/aromatic N) is 1. The number of nitrogens with one attached hydrogen (secondary N) is 1. The second-order valence-corrected chi connectivity index (χ2v) is 3.31. The highest BCUT2D eigenvalue weighted by Crippen LogP contribution is 2.32. The van der Waals surface area contributed by atoms with Gasteiger partial charge in [0.25, 0.3) is 0 Å². The van der Waals surface area contributed by atoms with E-state index in [0.717, 1.165) is 12.1 Å². The quantitative estimate of drug-likeness (QED) is 0.709. The Hall–Kier alpha value is -1.72. The lowest BCUT2D eigenvalue weighted by Gasteiger charge is -2.07. The van der Waals surface area contributed by atoms with Crippen molar-refractivity contribution in [2.45, 2.75) is 13.1 Å². The molecule has 3 N–H and O–H groups in total. The molecule has 2 aromatic rings. The average molecular weight is 215 g/mol. The fourth-order valence-corrected chi connectivity index (χ4v) is 1.47. The van der Waals surface area contributed by atoms with Crippen molar-refractivity contribution in [2.75, 3.05) is 5.73 Å². The van der Waals surface area contributed by atoms with Crippen molar-refractivity contribution in [2.24, 2.45) is 0 Å². The monoisotopic (exact) mass is 215 g/mol. The van der Waals surface area contributed by atoms with Crippen LogP contribution in [0.1, 0.15) is 11.1 Å². The Balaban J connectivity index is 2.72. The smallest absolute Gasteiger partial charge is 0.369 e. The SMILES string of the molecule is Cc1cc(C(F)(F)F)cc2[nH]c(N)nc12. The normalized spacial score (nSPS) is 12.3. The van der Waals surface area contributed by atoms with E-state index in [1.165, 1.54) is 0 Å². The zero-order valence-electron chi connectivity index (χ0n) is 7.81. The van der Waals surface area contributed by atoms with Crippen LogP contribution in [0.15, 0.2) is 12.1 Å². The fraction of sp³-hybridized carbons (Fsp3) is 0.222.